The van der Waals surface area contributed by atoms with Crippen LogP contribution in [0, 0.1) is 0 Å². The molecule has 114 valence electrons. The predicted molar refractivity (Wildman–Crippen MR) is 85.3 cm³/mol. The first-order chi connectivity index (χ1) is 10.8. The second-order valence-corrected chi connectivity index (χ2v) is 4.40. The van der Waals surface area contributed by atoms with E-state index < -0.39 is 0 Å². The molecule has 0 unspecified atom stereocenters. The normalized spacial score (nSPS) is 10.4. The van der Waals surface area contributed by atoms with Gasteiger partial charge >= 0.3 is 0 Å². The molecule has 5 heteroatoms. The van der Waals surface area contributed by atoms with Crippen molar-refractivity contribution in [2.24, 2.45) is 5.10 Å². The van der Waals surface area contributed by atoms with E-state index in [-0.39, 0.29) is 12.5 Å². The number of hydrogen-bond acceptors (Lipinski definition) is 4. The molecule has 1 N–H and O–H groups in total. The number of carbonyl (C=O) groups is 1. The number of hydrogen-bond donors (Lipinski definition) is 1. The van der Waals surface area contributed by atoms with E-state index in [0.717, 1.165) is 11.3 Å². The van der Waals surface area contributed by atoms with Gasteiger partial charge in [-0.25, -0.2) is 5.43 Å². The minimum Gasteiger partial charge on any atom is -0.494 e. The average molecular weight is 298 g/mol. The summed E-state index contributed by atoms with van der Waals surface area (Å²) >= 11 is 0. The van der Waals surface area contributed by atoms with Crippen molar-refractivity contribution in [2.75, 3.05) is 13.2 Å². The van der Waals surface area contributed by atoms with Crippen molar-refractivity contribution in [3.8, 4) is 11.5 Å². The number of amides is 1. The zero-order chi connectivity index (χ0) is 15.6. The van der Waals surface area contributed by atoms with Gasteiger partial charge in [0.1, 0.15) is 11.5 Å². The van der Waals surface area contributed by atoms with Gasteiger partial charge in [0.15, 0.2) is 6.61 Å². The molecular formula is C17H18N2O3. The minimum absolute atomic E-state index is 0.0830. The molecule has 2 rings (SSSR count). The van der Waals surface area contributed by atoms with Crippen LogP contribution in [-0.2, 0) is 4.79 Å². The zero-order valence-corrected chi connectivity index (χ0v) is 12.4. The average Bonchev–Trinajstić information content (AvgIpc) is 2.55. The van der Waals surface area contributed by atoms with Crippen molar-refractivity contribution in [2.45, 2.75) is 6.92 Å². The van der Waals surface area contributed by atoms with E-state index in [1.807, 2.05) is 49.4 Å². The highest BCUT2D eigenvalue weighted by atomic mass is 16.5. The van der Waals surface area contributed by atoms with Crippen LogP contribution in [-0.4, -0.2) is 25.3 Å². The molecule has 0 spiro atoms. The largest absolute Gasteiger partial charge is 0.494 e. The van der Waals surface area contributed by atoms with Crippen molar-refractivity contribution in [3.63, 3.8) is 0 Å². The Bertz CT molecular complexity index is 627. The quantitative estimate of drug-likeness (QED) is 0.631. The maximum atomic E-state index is 11.6. The third-order valence-electron chi connectivity index (χ3n) is 2.69. The summed E-state index contributed by atoms with van der Waals surface area (Å²) in [5, 5.41) is 3.89. The lowest BCUT2D eigenvalue weighted by atomic mass is 10.2. The molecule has 22 heavy (non-hydrogen) atoms. The van der Waals surface area contributed by atoms with E-state index in [0.29, 0.717) is 12.4 Å². The molecule has 1 amide bonds. The van der Waals surface area contributed by atoms with Crippen LogP contribution in [0.5, 0.6) is 11.5 Å². The first-order valence-electron chi connectivity index (χ1n) is 7.00. The monoisotopic (exact) mass is 298 g/mol. The SMILES string of the molecule is CCOc1cccc(/C=N\NC(=O)COc2ccccc2)c1. The van der Waals surface area contributed by atoms with Crippen molar-refractivity contribution < 1.29 is 14.3 Å². The summed E-state index contributed by atoms with van der Waals surface area (Å²) in [6.07, 6.45) is 1.56. The highest BCUT2D eigenvalue weighted by molar-refractivity contribution is 5.83. The smallest absolute Gasteiger partial charge is 0.277 e. The molecule has 0 atom stereocenters. The van der Waals surface area contributed by atoms with Gasteiger partial charge in [0.25, 0.3) is 5.91 Å². The van der Waals surface area contributed by atoms with Gasteiger partial charge in [-0.2, -0.15) is 5.10 Å². The van der Waals surface area contributed by atoms with Gasteiger partial charge in [-0.05, 0) is 36.8 Å². The zero-order valence-electron chi connectivity index (χ0n) is 12.4. The molecule has 0 aliphatic rings. The van der Waals surface area contributed by atoms with Gasteiger partial charge in [-0.15, -0.1) is 0 Å². The molecule has 2 aromatic carbocycles. The molecular weight excluding hydrogens is 280 g/mol. The number of para-hydroxylation sites is 1. The number of nitrogens with one attached hydrogen (secondary N) is 1. The van der Waals surface area contributed by atoms with Gasteiger partial charge in [-0.1, -0.05) is 30.3 Å². The molecule has 0 aliphatic carbocycles. The predicted octanol–water partition coefficient (Wildman–Crippen LogP) is 2.61. The summed E-state index contributed by atoms with van der Waals surface area (Å²) in [7, 11) is 0. The Kier molecular flexibility index (Phi) is 5.99. The highest BCUT2D eigenvalue weighted by Crippen LogP contribution is 2.11. The first-order valence-corrected chi connectivity index (χ1v) is 7.00. The Morgan fingerprint density at radius 3 is 2.64 bits per heavy atom. The lowest BCUT2D eigenvalue weighted by Crippen LogP contribution is -2.24. The molecule has 0 heterocycles. The molecule has 2 aromatic rings. The first kappa shape index (κ1) is 15.6. The Labute approximate surface area is 129 Å². The van der Waals surface area contributed by atoms with E-state index in [1.54, 1.807) is 18.3 Å². The second-order valence-electron chi connectivity index (χ2n) is 4.40. The standard InChI is InChI=1S/C17H18N2O3/c1-2-21-16-10-6-7-14(11-16)12-18-19-17(20)13-22-15-8-4-3-5-9-15/h3-12H,2,13H2,1H3,(H,19,20)/b18-12-. The number of nitrogens with zero attached hydrogens (tertiary/aromatic N) is 1. The van der Waals surface area contributed by atoms with Gasteiger partial charge in [0.05, 0.1) is 12.8 Å². The Morgan fingerprint density at radius 2 is 1.86 bits per heavy atom. The summed E-state index contributed by atoms with van der Waals surface area (Å²) < 4.78 is 10.7. The van der Waals surface area contributed by atoms with Crippen molar-refractivity contribution >= 4 is 12.1 Å². The summed E-state index contributed by atoms with van der Waals surface area (Å²) in [5.74, 6) is 1.09. The van der Waals surface area contributed by atoms with Gasteiger partial charge < -0.3 is 9.47 Å². The number of hydrazone groups is 1. The summed E-state index contributed by atoms with van der Waals surface area (Å²) in [6, 6.07) is 16.6. The Morgan fingerprint density at radius 1 is 1.09 bits per heavy atom. The van der Waals surface area contributed by atoms with Crippen LogP contribution in [0.15, 0.2) is 59.7 Å². The second kappa shape index (κ2) is 8.46. The topological polar surface area (TPSA) is 59.9 Å². The highest BCUT2D eigenvalue weighted by Gasteiger charge is 2.00. The summed E-state index contributed by atoms with van der Waals surface area (Å²) in [6.45, 7) is 2.45. The maximum Gasteiger partial charge on any atom is 0.277 e. The van der Waals surface area contributed by atoms with Crippen LogP contribution in [0.25, 0.3) is 0 Å². The van der Waals surface area contributed by atoms with E-state index in [4.69, 9.17) is 9.47 Å². The maximum absolute atomic E-state index is 11.6. The van der Waals surface area contributed by atoms with Crippen molar-refractivity contribution in [1.29, 1.82) is 0 Å². The van der Waals surface area contributed by atoms with Crippen LogP contribution in [0.1, 0.15) is 12.5 Å². The lowest BCUT2D eigenvalue weighted by Gasteiger charge is -2.04. The number of rotatable bonds is 7. The molecule has 0 fully saturated rings. The fraction of sp³-hybridized carbons (Fsp3) is 0.176. The van der Waals surface area contributed by atoms with E-state index >= 15 is 0 Å². The van der Waals surface area contributed by atoms with Gasteiger partial charge in [0.2, 0.25) is 0 Å². The Hall–Kier alpha value is -2.82. The van der Waals surface area contributed by atoms with E-state index in [2.05, 4.69) is 10.5 Å². The van der Waals surface area contributed by atoms with Crippen LogP contribution < -0.4 is 14.9 Å². The van der Waals surface area contributed by atoms with Crippen LogP contribution in [0.3, 0.4) is 0 Å². The van der Waals surface area contributed by atoms with Crippen LogP contribution >= 0.6 is 0 Å². The van der Waals surface area contributed by atoms with E-state index in [9.17, 15) is 4.79 Å². The molecule has 0 aliphatic heterocycles. The third kappa shape index (κ3) is 5.28. The fourth-order valence-corrected chi connectivity index (χ4v) is 1.73. The molecule has 0 saturated carbocycles. The number of benzene rings is 2. The molecule has 0 aromatic heterocycles. The molecule has 0 bridgehead atoms. The van der Waals surface area contributed by atoms with Crippen LogP contribution in [0.2, 0.25) is 0 Å². The molecule has 0 saturated heterocycles. The Balaban J connectivity index is 1.79. The van der Waals surface area contributed by atoms with Gasteiger partial charge in [0, 0.05) is 0 Å². The number of carbonyl (C=O) groups excluding carboxylic acids is 1. The third-order valence-corrected chi connectivity index (χ3v) is 2.69. The van der Waals surface area contributed by atoms with Crippen LogP contribution in [0.4, 0.5) is 0 Å². The molecule has 0 radical (unpaired) electrons. The summed E-state index contributed by atoms with van der Waals surface area (Å²) in [5.41, 5.74) is 3.26. The van der Waals surface area contributed by atoms with Gasteiger partial charge in [-0.3, -0.25) is 4.79 Å². The number of ether oxygens (including phenoxy) is 2. The molecule has 5 nitrogen and oxygen atoms in total. The van der Waals surface area contributed by atoms with Crippen molar-refractivity contribution in [3.05, 3.63) is 60.2 Å². The lowest BCUT2D eigenvalue weighted by molar-refractivity contribution is -0.123. The van der Waals surface area contributed by atoms with Crippen molar-refractivity contribution in [1.82, 2.24) is 5.43 Å². The minimum atomic E-state index is -0.318. The van der Waals surface area contributed by atoms with E-state index in [1.165, 1.54) is 0 Å². The fourth-order valence-electron chi connectivity index (χ4n) is 1.73. The summed E-state index contributed by atoms with van der Waals surface area (Å²) in [4.78, 5) is 11.6.